The molecule has 1 saturated heterocycles. The third kappa shape index (κ3) is 5.36. The Labute approximate surface area is 184 Å². The van der Waals surface area contributed by atoms with E-state index in [4.69, 9.17) is 0 Å². The van der Waals surface area contributed by atoms with E-state index in [1.54, 1.807) is 0 Å². The number of piperidine rings is 1. The minimum absolute atomic E-state index is 0.171. The largest absolute Gasteiger partial charge is 0.388 e. The van der Waals surface area contributed by atoms with Crippen LogP contribution in [0.15, 0.2) is 79.1 Å². The van der Waals surface area contributed by atoms with Gasteiger partial charge in [0.2, 0.25) is 5.91 Å². The van der Waals surface area contributed by atoms with Gasteiger partial charge in [0.25, 0.3) is 0 Å². The molecule has 1 fully saturated rings. The molecule has 2 aromatic rings. The number of benzene rings is 2. The summed E-state index contributed by atoms with van der Waals surface area (Å²) in [5, 5.41) is 13.0. The Morgan fingerprint density at radius 1 is 1.06 bits per heavy atom. The van der Waals surface area contributed by atoms with Gasteiger partial charge >= 0.3 is 0 Å². The minimum Gasteiger partial charge on any atom is -0.388 e. The van der Waals surface area contributed by atoms with Gasteiger partial charge < -0.3 is 15.4 Å². The van der Waals surface area contributed by atoms with Gasteiger partial charge in [0, 0.05) is 37.5 Å². The summed E-state index contributed by atoms with van der Waals surface area (Å²) < 4.78 is 0. The van der Waals surface area contributed by atoms with Crippen LogP contribution >= 0.6 is 0 Å². The Kier molecular flexibility index (Phi) is 6.42. The number of hydrazine groups is 1. The highest BCUT2D eigenvalue weighted by Crippen LogP contribution is 2.27. The van der Waals surface area contributed by atoms with Gasteiger partial charge in [0.1, 0.15) is 0 Å². The van der Waals surface area contributed by atoms with Crippen LogP contribution in [-0.2, 0) is 4.79 Å². The van der Waals surface area contributed by atoms with Crippen molar-refractivity contribution in [2.45, 2.75) is 37.7 Å². The molecule has 4 rings (SSSR count). The molecule has 162 valence electrons. The Morgan fingerprint density at radius 3 is 2.32 bits per heavy atom. The quantitative estimate of drug-likeness (QED) is 0.748. The number of aliphatic hydroxyl groups is 1. The maximum atomic E-state index is 12.8. The molecule has 5 heteroatoms. The monoisotopic (exact) mass is 417 g/mol. The van der Waals surface area contributed by atoms with E-state index in [1.165, 1.54) is 5.56 Å². The number of nitrogens with zero attached hydrogens (tertiary/aromatic N) is 2. The van der Waals surface area contributed by atoms with Crippen LogP contribution in [0.25, 0.3) is 5.57 Å². The molecule has 0 saturated carbocycles. The third-order valence-corrected chi connectivity index (χ3v) is 6.29. The number of rotatable bonds is 6. The molecule has 0 spiro atoms. The van der Waals surface area contributed by atoms with Gasteiger partial charge in [0.15, 0.2) is 0 Å². The first-order valence-corrected chi connectivity index (χ1v) is 11.0. The van der Waals surface area contributed by atoms with Crippen LogP contribution in [-0.4, -0.2) is 46.2 Å². The highest BCUT2D eigenvalue weighted by molar-refractivity contribution is 5.77. The molecule has 0 aromatic heterocycles. The van der Waals surface area contributed by atoms with E-state index >= 15 is 0 Å². The van der Waals surface area contributed by atoms with E-state index in [9.17, 15) is 9.90 Å². The second-order valence-electron chi connectivity index (χ2n) is 8.66. The summed E-state index contributed by atoms with van der Waals surface area (Å²) in [6.45, 7) is 3.78. The molecule has 31 heavy (non-hydrogen) atoms. The Hall–Kier alpha value is -3.05. The number of hydrogen-bond donors (Lipinski definition) is 2. The molecule has 2 N–H and O–H groups in total. The van der Waals surface area contributed by atoms with Gasteiger partial charge in [-0.1, -0.05) is 67.6 Å². The first-order chi connectivity index (χ1) is 15.0. The van der Waals surface area contributed by atoms with Crippen LogP contribution < -0.4 is 5.43 Å². The van der Waals surface area contributed by atoms with Crippen molar-refractivity contribution in [3.05, 3.63) is 90.3 Å². The summed E-state index contributed by atoms with van der Waals surface area (Å²) in [5.41, 5.74) is 5.91. The van der Waals surface area contributed by atoms with Crippen LogP contribution in [0.1, 0.15) is 43.2 Å². The van der Waals surface area contributed by atoms with Crippen molar-refractivity contribution in [3.8, 4) is 0 Å². The number of carbonyl (C=O) groups is 1. The molecular formula is C26H31N3O2. The first-order valence-electron chi connectivity index (χ1n) is 11.0. The van der Waals surface area contributed by atoms with Gasteiger partial charge in [-0.3, -0.25) is 9.80 Å². The third-order valence-electron chi connectivity index (χ3n) is 6.29. The molecule has 1 amide bonds. The number of β-amino-alcohol motifs (C(OH)–C–C–N with tert-alkyl or cyclic N) is 1. The zero-order chi connectivity index (χ0) is 21.7. The highest BCUT2D eigenvalue weighted by Gasteiger charge is 2.35. The average molecular weight is 418 g/mol. The maximum absolute atomic E-state index is 12.8. The zero-order valence-electron chi connectivity index (χ0n) is 18.1. The van der Waals surface area contributed by atoms with E-state index in [1.807, 2.05) is 58.7 Å². The van der Waals surface area contributed by atoms with Crippen molar-refractivity contribution in [3.63, 3.8) is 0 Å². The lowest BCUT2D eigenvalue weighted by molar-refractivity contribution is -0.136. The van der Waals surface area contributed by atoms with Crippen molar-refractivity contribution in [2.24, 2.45) is 0 Å². The Morgan fingerprint density at radius 2 is 1.71 bits per heavy atom. The molecule has 0 radical (unpaired) electrons. The maximum Gasteiger partial charge on any atom is 0.223 e. The van der Waals surface area contributed by atoms with E-state index in [0.29, 0.717) is 38.9 Å². The lowest BCUT2D eigenvalue weighted by atomic mass is 9.90. The lowest BCUT2D eigenvalue weighted by Crippen LogP contribution is -2.53. The fourth-order valence-electron chi connectivity index (χ4n) is 4.26. The SMILES string of the molecule is C[C@H](CC(=O)N1CCC(O)(CN2C=CC(c3ccccc3)=CN2)CC1)c1ccccc1. The van der Waals surface area contributed by atoms with E-state index < -0.39 is 5.60 Å². The fourth-order valence-corrected chi connectivity index (χ4v) is 4.26. The van der Waals surface area contributed by atoms with Gasteiger partial charge in [-0.2, -0.15) is 0 Å². The van der Waals surface area contributed by atoms with Gasteiger partial charge in [0.05, 0.1) is 12.1 Å². The summed E-state index contributed by atoms with van der Waals surface area (Å²) in [6, 6.07) is 20.4. The summed E-state index contributed by atoms with van der Waals surface area (Å²) >= 11 is 0. The van der Waals surface area contributed by atoms with E-state index in [2.05, 4.69) is 42.7 Å². The van der Waals surface area contributed by atoms with Crippen LogP contribution in [0.5, 0.6) is 0 Å². The van der Waals surface area contributed by atoms with Crippen molar-refractivity contribution in [1.29, 1.82) is 0 Å². The van der Waals surface area contributed by atoms with Crippen LogP contribution in [0, 0.1) is 0 Å². The molecule has 0 bridgehead atoms. The van der Waals surface area contributed by atoms with E-state index in [-0.39, 0.29) is 11.8 Å². The molecule has 0 aliphatic carbocycles. The van der Waals surface area contributed by atoms with Crippen molar-refractivity contribution in [1.82, 2.24) is 15.3 Å². The standard InChI is InChI=1S/C26H31N3O2/c1-21(22-8-4-2-5-9-22)18-25(30)28-16-13-26(31,14-17-28)20-29-15-12-24(19-27-29)23-10-6-3-7-11-23/h2-12,15,19,21,27,31H,13-14,16-18,20H2,1H3/t21-/m1/s1. The van der Waals surface area contributed by atoms with Crippen molar-refractivity contribution >= 4 is 11.5 Å². The van der Waals surface area contributed by atoms with Gasteiger partial charge in [-0.15, -0.1) is 0 Å². The van der Waals surface area contributed by atoms with Gasteiger partial charge in [-0.25, -0.2) is 0 Å². The Balaban J connectivity index is 1.26. The minimum atomic E-state index is -0.808. The predicted molar refractivity (Wildman–Crippen MR) is 124 cm³/mol. The van der Waals surface area contributed by atoms with Crippen molar-refractivity contribution < 1.29 is 9.90 Å². The number of amides is 1. The second kappa shape index (κ2) is 9.40. The van der Waals surface area contributed by atoms with E-state index in [0.717, 1.165) is 11.1 Å². The summed E-state index contributed by atoms with van der Waals surface area (Å²) in [6.07, 6.45) is 7.66. The first kappa shape index (κ1) is 21.2. The molecule has 2 heterocycles. The number of allylic oxidation sites excluding steroid dienone is 2. The number of carbonyl (C=O) groups excluding carboxylic acids is 1. The molecule has 2 aliphatic heterocycles. The smallest absolute Gasteiger partial charge is 0.223 e. The highest BCUT2D eigenvalue weighted by atomic mass is 16.3. The normalized spacial score (nSPS) is 18.8. The van der Waals surface area contributed by atoms with Crippen molar-refractivity contribution in [2.75, 3.05) is 19.6 Å². The van der Waals surface area contributed by atoms with Crippen LogP contribution in [0.4, 0.5) is 0 Å². The number of likely N-dealkylation sites (tertiary alicyclic amines) is 1. The summed E-state index contributed by atoms with van der Waals surface area (Å²) in [5.74, 6) is 0.368. The van der Waals surface area contributed by atoms with Crippen LogP contribution in [0.3, 0.4) is 0 Å². The molecule has 5 nitrogen and oxygen atoms in total. The van der Waals surface area contributed by atoms with Crippen LogP contribution in [0.2, 0.25) is 0 Å². The molecule has 0 unspecified atom stereocenters. The average Bonchev–Trinajstić information content (AvgIpc) is 2.81. The lowest BCUT2D eigenvalue weighted by Gasteiger charge is -2.41. The number of nitrogens with one attached hydrogen (secondary N) is 1. The molecule has 1 atom stereocenters. The fraction of sp³-hybridized carbons (Fsp3) is 0.346. The molecule has 2 aliphatic rings. The summed E-state index contributed by atoms with van der Waals surface area (Å²) in [4.78, 5) is 14.7. The molecule has 2 aromatic carbocycles. The van der Waals surface area contributed by atoms with Gasteiger partial charge in [-0.05, 0) is 36.0 Å². The number of hydrogen-bond acceptors (Lipinski definition) is 4. The molecular weight excluding hydrogens is 386 g/mol. The second-order valence-corrected chi connectivity index (χ2v) is 8.66. The summed E-state index contributed by atoms with van der Waals surface area (Å²) in [7, 11) is 0. The topological polar surface area (TPSA) is 55.8 Å². The Bertz CT molecular complexity index is 932. The predicted octanol–water partition coefficient (Wildman–Crippen LogP) is 3.91. The zero-order valence-corrected chi connectivity index (χ0v) is 18.1.